The highest BCUT2D eigenvalue weighted by molar-refractivity contribution is 5.99. The molecule has 4 heteroatoms. The van der Waals surface area contributed by atoms with Gasteiger partial charge in [0.25, 0.3) is 0 Å². The number of rotatable bonds is 4. The standard InChI is InChI=1S/C17H26N2O2/c1-12(2)14-10-15(13(3)9-16(14)20)17(21)11-19-7-5-18(4)6-8-19/h9-10,12,20H,5-8,11H2,1-4H3. The third-order valence-corrected chi connectivity index (χ3v) is 4.26. The first kappa shape index (κ1) is 16.0. The second-order valence-corrected chi connectivity index (χ2v) is 6.38. The fourth-order valence-electron chi connectivity index (χ4n) is 2.77. The molecule has 1 fully saturated rings. The van der Waals surface area contributed by atoms with E-state index in [9.17, 15) is 9.90 Å². The van der Waals surface area contributed by atoms with Crippen molar-refractivity contribution >= 4 is 5.78 Å². The van der Waals surface area contributed by atoms with Crippen LogP contribution in [0.15, 0.2) is 12.1 Å². The average Bonchev–Trinajstić information content (AvgIpc) is 2.40. The number of benzene rings is 1. The third kappa shape index (κ3) is 3.83. The zero-order valence-electron chi connectivity index (χ0n) is 13.5. The Balaban J connectivity index is 2.13. The first-order chi connectivity index (χ1) is 9.88. The van der Waals surface area contributed by atoms with E-state index in [1.807, 2.05) is 26.8 Å². The minimum absolute atomic E-state index is 0.152. The molecule has 0 unspecified atom stereocenters. The predicted molar refractivity (Wildman–Crippen MR) is 85.2 cm³/mol. The Bertz CT molecular complexity index is 518. The number of aromatic hydroxyl groups is 1. The molecule has 0 amide bonds. The molecule has 116 valence electrons. The topological polar surface area (TPSA) is 43.8 Å². The maximum Gasteiger partial charge on any atom is 0.177 e. The zero-order chi connectivity index (χ0) is 15.6. The summed E-state index contributed by atoms with van der Waals surface area (Å²) in [6.07, 6.45) is 0. The van der Waals surface area contributed by atoms with Gasteiger partial charge >= 0.3 is 0 Å². The van der Waals surface area contributed by atoms with E-state index in [0.29, 0.717) is 12.3 Å². The van der Waals surface area contributed by atoms with Crippen LogP contribution < -0.4 is 0 Å². The SMILES string of the molecule is Cc1cc(O)c(C(C)C)cc1C(=O)CN1CCN(C)CC1. The Kier molecular flexibility index (Phi) is 5.01. The van der Waals surface area contributed by atoms with Crippen LogP contribution in [0.2, 0.25) is 0 Å². The lowest BCUT2D eigenvalue weighted by molar-refractivity contribution is 0.0875. The van der Waals surface area contributed by atoms with Gasteiger partial charge in [-0.15, -0.1) is 0 Å². The molecule has 1 aliphatic rings. The summed E-state index contributed by atoms with van der Waals surface area (Å²) in [7, 11) is 2.11. The number of Topliss-reactive ketones (excluding diaryl/α,β-unsaturated/α-hetero) is 1. The van der Waals surface area contributed by atoms with Crippen LogP contribution in [-0.4, -0.2) is 60.5 Å². The Morgan fingerprint density at radius 3 is 2.43 bits per heavy atom. The lowest BCUT2D eigenvalue weighted by atomic mass is 9.94. The molecule has 0 bridgehead atoms. The quantitative estimate of drug-likeness (QED) is 0.864. The third-order valence-electron chi connectivity index (χ3n) is 4.26. The van der Waals surface area contributed by atoms with E-state index in [2.05, 4.69) is 16.8 Å². The molecule has 1 N–H and O–H groups in total. The molecule has 0 spiro atoms. The summed E-state index contributed by atoms with van der Waals surface area (Å²) >= 11 is 0. The van der Waals surface area contributed by atoms with E-state index in [1.165, 1.54) is 0 Å². The first-order valence-electron chi connectivity index (χ1n) is 7.66. The van der Waals surface area contributed by atoms with Crippen LogP contribution in [-0.2, 0) is 0 Å². The van der Waals surface area contributed by atoms with Crippen molar-refractivity contribution in [2.24, 2.45) is 0 Å². The highest BCUT2D eigenvalue weighted by Crippen LogP contribution is 2.29. The summed E-state index contributed by atoms with van der Waals surface area (Å²) in [5, 5.41) is 9.99. The average molecular weight is 290 g/mol. The molecular formula is C17H26N2O2. The lowest BCUT2D eigenvalue weighted by Crippen LogP contribution is -2.46. The number of hydrogen-bond donors (Lipinski definition) is 1. The van der Waals surface area contributed by atoms with E-state index in [0.717, 1.165) is 42.9 Å². The summed E-state index contributed by atoms with van der Waals surface area (Å²) in [4.78, 5) is 17.1. The molecule has 1 aromatic rings. The number of ketones is 1. The van der Waals surface area contributed by atoms with Crippen molar-refractivity contribution in [3.05, 3.63) is 28.8 Å². The number of likely N-dealkylation sites (N-methyl/N-ethyl adjacent to an activating group) is 1. The van der Waals surface area contributed by atoms with Crippen molar-refractivity contribution in [3.8, 4) is 5.75 Å². The fraction of sp³-hybridized carbons (Fsp3) is 0.588. The smallest absolute Gasteiger partial charge is 0.177 e. The van der Waals surface area contributed by atoms with Crippen molar-refractivity contribution < 1.29 is 9.90 Å². The van der Waals surface area contributed by atoms with Crippen molar-refractivity contribution in [3.63, 3.8) is 0 Å². The summed E-state index contributed by atoms with van der Waals surface area (Å²) in [6.45, 7) is 10.3. The van der Waals surface area contributed by atoms with Gasteiger partial charge in [-0.05, 0) is 43.1 Å². The fourth-order valence-corrected chi connectivity index (χ4v) is 2.77. The summed E-state index contributed by atoms with van der Waals surface area (Å²) < 4.78 is 0. The van der Waals surface area contributed by atoms with E-state index < -0.39 is 0 Å². The van der Waals surface area contributed by atoms with Gasteiger partial charge in [0.2, 0.25) is 0 Å². The summed E-state index contributed by atoms with van der Waals surface area (Å²) in [5.41, 5.74) is 2.45. The van der Waals surface area contributed by atoms with Gasteiger partial charge in [-0.2, -0.15) is 0 Å². The Labute approximate surface area is 127 Å². The zero-order valence-corrected chi connectivity index (χ0v) is 13.5. The second-order valence-electron chi connectivity index (χ2n) is 6.38. The van der Waals surface area contributed by atoms with Crippen molar-refractivity contribution in [1.29, 1.82) is 0 Å². The number of phenols is 1. The molecule has 0 aromatic heterocycles. The number of carbonyl (C=O) groups is 1. The summed E-state index contributed by atoms with van der Waals surface area (Å²) in [5.74, 6) is 0.651. The Morgan fingerprint density at radius 1 is 1.24 bits per heavy atom. The van der Waals surface area contributed by atoms with Crippen molar-refractivity contribution in [2.75, 3.05) is 39.8 Å². The number of hydrogen-bond acceptors (Lipinski definition) is 4. The molecule has 1 aromatic carbocycles. The van der Waals surface area contributed by atoms with E-state index in [-0.39, 0.29) is 11.7 Å². The van der Waals surface area contributed by atoms with Crippen molar-refractivity contribution in [1.82, 2.24) is 9.80 Å². The molecule has 21 heavy (non-hydrogen) atoms. The van der Waals surface area contributed by atoms with Gasteiger partial charge in [0.05, 0.1) is 6.54 Å². The van der Waals surface area contributed by atoms with E-state index in [4.69, 9.17) is 0 Å². The van der Waals surface area contributed by atoms with Gasteiger partial charge in [0.15, 0.2) is 5.78 Å². The van der Waals surface area contributed by atoms with Gasteiger partial charge in [-0.1, -0.05) is 13.8 Å². The monoisotopic (exact) mass is 290 g/mol. The number of aryl methyl sites for hydroxylation is 1. The van der Waals surface area contributed by atoms with Crippen LogP contribution in [0.5, 0.6) is 5.75 Å². The Morgan fingerprint density at radius 2 is 1.86 bits per heavy atom. The minimum Gasteiger partial charge on any atom is -0.508 e. The molecule has 0 aliphatic carbocycles. The van der Waals surface area contributed by atoms with E-state index >= 15 is 0 Å². The van der Waals surface area contributed by atoms with Gasteiger partial charge in [0.1, 0.15) is 5.75 Å². The Hall–Kier alpha value is -1.39. The molecule has 0 saturated carbocycles. The molecule has 4 nitrogen and oxygen atoms in total. The van der Waals surface area contributed by atoms with Crippen LogP contribution in [0, 0.1) is 6.92 Å². The predicted octanol–water partition coefficient (Wildman–Crippen LogP) is 2.25. The lowest BCUT2D eigenvalue weighted by Gasteiger charge is -2.31. The largest absolute Gasteiger partial charge is 0.508 e. The molecule has 1 saturated heterocycles. The number of phenolic OH excluding ortho intramolecular Hbond substituents is 1. The van der Waals surface area contributed by atoms with Crippen molar-refractivity contribution in [2.45, 2.75) is 26.7 Å². The summed E-state index contributed by atoms with van der Waals surface area (Å²) in [6, 6.07) is 3.58. The second kappa shape index (κ2) is 6.58. The molecule has 0 radical (unpaired) electrons. The normalized spacial score (nSPS) is 17.4. The molecule has 2 rings (SSSR count). The van der Waals surface area contributed by atoms with E-state index in [1.54, 1.807) is 6.07 Å². The highest BCUT2D eigenvalue weighted by Gasteiger charge is 2.20. The van der Waals surface area contributed by atoms with Gasteiger partial charge in [-0.25, -0.2) is 0 Å². The number of nitrogens with zero attached hydrogens (tertiary/aromatic N) is 2. The van der Waals surface area contributed by atoms with Gasteiger partial charge in [-0.3, -0.25) is 9.69 Å². The molecular weight excluding hydrogens is 264 g/mol. The number of carbonyl (C=O) groups excluding carboxylic acids is 1. The van der Waals surface area contributed by atoms with Gasteiger partial charge < -0.3 is 10.0 Å². The number of piperazine rings is 1. The molecule has 1 heterocycles. The van der Waals surface area contributed by atoms with Crippen LogP contribution in [0.3, 0.4) is 0 Å². The first-order valence-corrected chi connectivity index (χ1v) is 7.66. The maximum atomic E-state index is 12.6. The molecule has 1 aliphatic heterocycles. The maximum absolute atomic E-state index is 12.6. The molecule has 0 atom stereocenters. The minimum atomic E-state index is 0.152. The van der Waals surface area contributed by atoms with Crippen LogP contribution in [0.25, 0.3) is 0 Å². The van der Waals surface area contributed by atoms with Crippen LogP contribution in [0.1, 0.15) is 41.3 Å². The highest BCUT2D eigenvalue weighted by atomic mass is 16.3. The van der Waals surface area contributed by atoms with Crippen LogP contribution in [0.4, 0.5) is 0 Å². The van der Waals surface area contributed by atoms with Crippen LogP contribution >= 0.6 is 0 Å². The van der Waals surface area contributed by atoms with Gasteiger partial charge in [0, 0.05) is 31.7 Å².